The number of hydrogen-bond acceptors (Lipinski definition) is 2. The number of allylic oxidation sites excluding steroid dienone is 2. The Kier molecular flexibility index (Phi) is 4.19. The van der Waals surface area contributed by atoms with E-state index in [0.29, 0.717) is 0 Å². The Morgan fingerprint density at radius 2 is 0.495 bits per heavy atom. The first-order valence-electron chi connectivity index (χ1n) is 34.2. The Morgan fingerprint density at radius 3 is 0.774 bits per heavy atom. The van der Waals surface area contributed by atoms with Gasteiger partial charge in [-0.05, 0) is 365 Å². The molecule has 2 spiro atoms. The summed E-state index contributed by atoms with van der Waals surface area (Å²) in [6, 6.07) is 9.52. The van der Waals surface area contributed by atoms with E-state index < -0.39 is 10.8 Å². The van der Waals surface area contributed by atoms with E-state index in [0.717, 1.165) is 64.1 Å². The minimum Gasteiger partial charge on any atom is -0.657 e. The van der Waals surface area contributed by atoms with Gasteiger partial charge in [0.2, 0.25) is 0 Å². The standard InChI is InChI=1S/C88H28N4.Zn/c1-14-15(2)22-8-23-16(3)17(4)24(91-23)9-25-19-12-87-82-74-66-56-46-38-30-28-29-32-36-34(30)42-50-44(36)54-48-40(32)41-33(29)37-35-31(28)39(38)47-53-43(35)51-45(37)55-49(41)59-58(48)68-62(54)72-64(50)70(60(66)52(42)46)78(82)80(72)84-76(68)77-69(59)63(55)73-65(51)71-61(53)67(57(47)56)75(74)83(87)79(71)81(73)85(77)88(84,87)13-20(19)26(92-25)10-27-86(5,6)11-18(89-27)7-21(14)90-22;/h7-10H,11-13H2,1-6H3;/q-2;+2. The molecule has 0 saturated carbocycles. The van der Waals surface area contributed by atoms with E-state index in [1.165, 1.54) is 33.4 Å². The topological polar surface area (TPSA) is 54.0 Å². The number of rotatable bonds is 0. The number of fused-ring (bicyclic) bond motifs is 11. The van der Waals surface area contributed by atoms with Crippen molar-refractivity contribution in [1.82, 2.24) is 19.9 Å². The fourth-order valence-electron chi connectivity index (χ4n) is 29.6. The van der Waals surface area contributed by atoms with E-state index in [2.05, 4.69) is 65.8 Å². The molecule has 28 aromatic carbocycles. The van der Waals surface area contributed by atoms with Crippen molar-refractivity contribution in [3.63, 3.8) is 0 Å². The number of benzene rings is 18. The van der Waals surface area contributed by atoms with Crippen molar-refractivity contribution in [3.8, 4) is 0 Å². The first kappa shape index (κ1) is 40.0. The van der Waals surface area contributed by atoms with Gasteiger partial charge in [0.05, 0.1) is 11.4 Å². The van der Waals surface area contributed by atoms with Gasteiger partial charge in [-0.25, -0.2) is 4.98 Å². The fraction of sp³-hybridized carbons (Fsp3) is 0.136. The van der Waals surface area contributed by atoms with Gasteiger partial charge in [-0.1, -0.05) is 60.4 Å². The second-order valence-electron chi connectivity index (χ2n) is 33.6. The van der Waals surface area contributed by atoms with Crippen LogP contribution in [0.4, 0.5) is 0 Å². The van der Waals surface area contributed by atoms with Crippen LogP contribution < -0.4 is 9.97 Å². The van der Waals surface area contributed by atoms with Gasteiger partial charge < -0.3 is 9.97 Å². The van der Waals surface area contributed by atoms with Crippen LogP contribution in [-0.4, -0.2) is 9.97 Å². The van der Waals surface area contributed by atoms with E-state index in [-0.39, 0.29) is 24.9 Å². The maximum atomic E-state index is 6.20. The molecule has 0 amide bonds. The Hall–Kier alpha value is -10.1. The van der Waals surface area contributed by atoms with Crippen molar-refractivity contribution >= 4 is 324 Å². The van der Waals surface area contributed by atoms with Gasteiger partial charge in [-0.15, -0.1) is 22.1 Å². The Morgan fingerprint density at radius 1 is 0.269 bits per heavy atom. The zero-order valence-corrected chi connectivity index (χ0v) is 53.4. The van der Waals surface area contributed by atoms with Crippen molar-refractivity contribution < 1.29 is 19.5 Å². The third-order valence-corrected chi connectivity index (χ3v) is 31.6. The molecule has 0 fully saturated rings. The van der Waals surface area contributed by atoms with Crippen LogP contribution >= 0.6 is 0 Å². The van der Waals surface area contributed by atoms with Crippen molar-refractivity contribution in [2.75, 3.05) is 0 Å². The second kappa shape index (κ2) is 9.73. The quantitative estimate of drug-likeness (QED) is 0.112. The molecule has 0 saturated heterocycles. The molecule has 8 bridgehead atoms. The molecule has 2 aliphatic heterocycles. The van der Waals surface area contributed by atoms with Crippen LogP contribution in [-0.2, 0) is 55.0 Å². The molecule has 4 nitrogen and oxygen atoms in total. The minimum absolute atomic E-state index is 0. The summed E-state index contributed by atoms with van der Waals surface area (Å²) in [4.78, 5) is 22.9. The number of hydrogen-bond donors (Lipinski definition) is 0. The van der Waals surface area contributed by atoms with Crippen LogP contribution in [0.15, 0.2) is 24.3 Å². The van der Waals surface area contributed by atoms with Gasteiger partial charge >= 0.3 is 19.5 Å². The molecule has 0 unspecified atom stereocenters. The SMILES string of the molecule is CC1=C(C)c2cc3[n-]c(cc4nc(cc5[n-]c(cc1n2)c(C)c5C)CC4(C)C)c1c3CC23c4c5c6c7c8c9c(c%10c%11c2c2c4c4c%12c5c5c6c6c8c8c%13c9c9c%10c%10c%11c%11c2c2c4c4c%12c%12c5c5c6c8c6c8c%13c9c9c%10c%10c%11c2c2c4c4c%12c5c6c5c8c9c%10c2c45)C73C1.[Zn+2]. The van der Waals surface area contributed by atoms with Gasteiger partial charge in [-0.2, -0.15) is 0 Å². The molecule has 38 rings (SSSR count). The van der Waals surface area contributed by atoms with E-state index in [9.17, 15) is 0 Å². The third-order valence-electron chi connectivity index (χ3n) is 31.6. The zero-order chi connectivity index (χ0) is 56.8. The number of nitrogens with zero attached hydrogens (tertiary/aromatic N) is 4. The Balaban J connectivity index is 0.00000443. The third kappa shape index (κ3) is 2.56. The van der Waals surface area contributed by atoms with Gasteiger partial charge in [0.1, 0.15) is 0 Å². The molecule has 3 aromatic heterocycles. The average molecular weight is 1210 g/mol. The summed E-state index contributed by atoms with van der Waals surface area (Å²) in [5.74, 6) is 0. The molecule has 31 aromatic rings. The first-order chi connectivity index (χ1) is 45.2. The van der Waals surface area contributed by atoms with Gasteiger partial charge in [0.15, 0.2) is 0 Å². The average Bonchev–Trinajstić information content (AvgIpc) is 1.38. The molecule has 93 heavy (non-hydrogen) atoms. The van der Waals surface area contributed by atoms with Crippen LogP contribution in [0.25, 0.3) is 324 Å². The largest absolute Gasteiger partial charge is 2.00 e. The summed E-state index contributed by atoms with van der Waals surface area (Å²) in [7, 11) is 0. The van der Waals surface area contributed by atoms with Gasteiger partial charge in [0, 0.05) is 34.1 Å². The molecule has 5 aliphatic carbocycles. The molecular weight excluding hydrogens is 1180 g/mol. The van der Waals surface area contributed by atoms with Crippen molar-refractivity contribution in [2.24, 2.45) is 0 Å². The minimum atomic E-state index is -0.417. The molecule has 0 N–H and O–H groups in total. The van der Waals surface area contributed by atoms with Crippen LogP contribution in [0.5, 0.6) is 0 Å². The van der Waals surface area contributed by atoms with Crippen LogP contribution in [0, 0.1) is 13.8 Å². The molecule has 0 radical (unpaired) electrons. The van der Waals surface area contributed by atoms with Crippen molar-refractivity contribution in [3.05, 3.63) is 91.5 Å². The Labute approximate surface area is 528 Å². The normalized spacial score (nSPS) is 21.1. The molecule has 5 heteroatoms. The number of aromatic nitrogens is 4. The van der Waals surface area contributed by atoms with E-state index in [4.69, 9.17) is 19.9 Å². The van der Waals surface area contributed by atoms with E-state index in [1.807, 2.05) is 0 Å². The predicted octanol–water partition coefficient (Wildman–Crippen LogP) is 22.1. The molecule has 7 aliphatic rings. The van der Waals surface area contributed by atoms with Crippen molar-refractivity contribution in [1.29, 1.82) is 0 Å². The maximum Gasteiger partial charge on any atom is 2.00 e. The first-order valence-corrected chi connectivity index (χ1v) is 34.2. The smallest absolute Gasteiger partial charge is 0.657 e. The molecule has 5 heterocycles. The monoisotopic (exact) mass is 1200 g/mol. The van der Waals surface area contributed by atoms with Crippen LogP contribution in [0.2, 0.25) is 0 Å². The summed E-state index contributed by atoms with van der Waals surface area (Å²) >= 11 is 0. The molecule has 0 atom stereocenters. The van der Waals surface area contributed by atoms with Crippen LogP contribution in [0.3, 0.4) is 0 Å². The summed E-state index contributed by atoms with van der Waals surface area (Å²) < 4.78 is 0. The van der Waals surface area contributed by atoms with E-state index >= 15 is 0 Å². The summed E-state index contributed by atoms with van der Waals surface area (Å²) in [6.07, 6.45) is 2.67. The summed E-state index contributed by atoms with van der Waals surface area (Å²) in [5.41, 5.74) is 22.3. The second-order valence-corrected chi connectivity index (χ2v) is 33.6. The van der Waals surface area contributed by atoms with Gasteiger partial charge in [-0.3, -0.25) is 4.98 Å². The zero-order valence-electron chi connectivity index (χ0n) is 50.4. The maximum absolute atomic E-state index is 6.20. The van der Waals surface area contributed by atoms with Gasteiger partial charge in [0.25, 0.3) is 0 Å². The number of aryl methyl sites for hydroxylation is 2. The van der Waals surface area contributed by atoms with Crippen LogP contribution in [0.1, 0.15) is 95.0 Å². The summed E-state index contributed by atoms with van der Waals surface area (Å²) in [6.45, 7) is 13.9. The molecule has 402 valence electrons. The summed E-state index contributed by atoms with van der Waals surface area (Å²) in [5, 5.41) is 89.0. The Bertz CT molecular complexity index is 9000. The van der Waals surface area contributed by atoms with E-state index in [1.54, 1.807) is 313 Å². The predicted molar refractivity (Wildman–Crippen MR) is 385 cm³/mol. The van der Waals surface area contributed by atoms with Crippen molar-refractivity contribution in [2.45, 2.75) is 77.0 Å². The molecular formula is C88H28N4Zn. The fourth-order valence-corrected chi connectivity index (χ4v) is 29.6.